The fourth-order valence-corrected chi connectivity index (χ4v) is 1.70. The van der Waals surface area contributed by atoms with Crippen molar-refractivity contribution in [1.82, 2.24) is 0 Å². The lowest BCUT2D eigenvalue weighted by molar-refractivity contribution is -0.0887. The first-order valence-electron chi connectivity index (χ1n) is 3.68. The highest BCUT2D eigenvalue weighted by Crippen LogP contribution is 2.33. The van der Waals surface area contributed by atoms with E-state index in [-0.39, 0.29) is 10.5 Å². The van der Waals surface area contributed by atoms with E-state index in [1.165, 1.54) is 0 Å². The lowest BCUT2D eigenvalue weighted by atomic mass is 10.00. The molecule has 5 heteroatoms. The van der Waals surface area contributed by atoms with Crippen LogP contribution in [0.2, 0.25) is 0 Å². The third-order valence-electron chi connectivity index (χ3n) is 1.80. The number of aliphatic hydroxyl groups is 1. The van der Waals surface area contributed by atoms with Crippen LogP contribution in [0.4, 0.5) is 13.2 Å². The molecule has 1 nitrogen and oxygen atoms in total. The molecule has 0 bridgehead atoms. The molecule has 0 aromatic rings. The molecule has 0 radical (unpaired) electrons. The molecule has 0 aromatic heterocycles. The summed E-state index contributed by atoms with van der Waals surface area (Å²) in [6, 6.07) is 0. The van der Waals surface area contributed by atoms with Crippen LogP contribution in [0.3, 0.4) is 0 Å². The van der Waals surface area contributed by atoms with Crippen LogP contribution in [0.15, 0.2) is 23.3 Å². The molecular formula is C8H8F3IO. The molecule has 1 atom stereocenters. The monoisotopic (exact) mass is 304 g/mol. The van der Waals surface area contributed by atoms with Crippen LogP contribution in [-0.2, 0) is 0 Å². The lowest BCUT2D eigenvalue weighted by Gasteiger charge is -2.18. The molecule has 0 aromatic carbocycles. The zero-order chi connectivity index (χ0) is 10.1. The van der Waals surface area contributed by atoms with E-state index < -0.39 is 11.7 Å². The highest BCUT2D eigenvalue weighted by Gasteiger charge is 2.34. The molecule has 1 aliphatic rings. The van der Waals surface area contributed by atoms with Crippen molar-refractivity contribution >= 4 is 22.6 Å². The van der Waals surface area contributed by atoms with Gasteiger partial charge < -0.3 is 5.11 Å². The van der Waals surface area contributed by atoms with E-state index in [0.29, 0.717) is 12.0 Å². The molecule has 0 saturated heterocycles. The standard InChI is InChI=1S/C8H8F3IO/c9-8(10,11)6-1-2-7(12)5(3-6)4-13/h1,3,7,13H,2,4H2. The lowest BCUT2D eigenvalue weighted by Crippen LogP contribution is -2.17. The van der Waals surface area contributed by atoms with E-state index in [0.717, 1.165) is 12.2 Å². The summed E-state index contributed by atoms with van der Waals surface area (Å²) in [4.78, 5) is 0. The molecule has 1 N–H and O–H groups in total. The van der Waals surface area contributed by atoms with Gasteiger partial charge in [0, 0.05) is 3.92 Å². The molecule has 0 aliphatic heterocycles. The highest BCUT2D eigenvalue weighted by atomic mass is 127. The van der Waals surface area contributed by atoms with Crippen LogP contribution in [0.1, 0.15) is 6.42 Å². The smallest absolute Gasteiger partial charge is 0.392 e. The Bertz CT molecular complexity index is 255. The number of aliphatic hydroxyl groups excluding tert-OH is 1. The van der Waals surface area contributed by atoms with Crippen molar-refractivity contribution in [2.24, 2.45) is 0 Å². The molecule has 1 rings (SSSR count). The summed E-state index contributed by atoms with van der Waals surface area (Å²) in [6.07, 6.45) is -1.77. The minimum Gasteiger partial charge on any atom is -0.392 e. The number of halogens is 4. The van der Waals surface area contributed by atoms with E-state index >= 15 is 0 Å². The topological polar surface area (TPSA) is 20.2 Å². The average Bonchev–Trinajstić information content (AvgIpc) is 2.03. The van der Waals surface area contributed by atoms with Crippen molar-refractivity contribution in [1.29, 1.82) is 0 Å². The van der Waals surface area contributed by atoms with Gasteiger partial charge in [-0.1, -0.05) is 28.7 Å². The molecule has 1 aliphatic carbocycles. The zero-order valence-corrected chi connectivity index (χ0v) is 8.76. The van der Waals surface area contributed by atoms with Gasteiger partial charge in [0.05, 0.1) is 12.2 Å². The second kappa shape index (κ2) is 4.00. The SMILES string of the molecule is OCC1=CC(C(F)(F)F)=CCC1I. The summed E-state index contributed by atoms with van der Waals surface area (Å²) < 4.78 is 36.5. The summed E-state index contributed by atoms with van der Waals surface area (Å²) >= 11 is 2.02. The van der Waals surface area contributed by atoms with Crippen molar-refractivity contribution in [2.75, 3.05) is 6.61 Å². The van der Waals surface area contributed by atoms with E-state index in [4.69, 9.17) is 5.11 Å². The van der Waals surface area contributed by atoms with Crippen LogP contribution in [-0.4, -0.2) is 21.8 Å². The van der Waals surface area contributed by atoms with Crippen molar-refractivity contribution in [3.8, 4) is 0 Å². The normalized spacial score (nSPS) is 23.9. The minimum absolute atomic E-state index is 0.0197. The third-order valence-corrected chi connectivity index (χ3v) is 3.11. The van der Waals surface area contributed by atoms with Gasteiger partial charge in [-0.15, -0.1) is 0 Å². The maximum atomic E-state index is 12.2. The molecule has 74 valence electrons. The van der Waals surface area contributed by atoms with Gasteiger partial charge in [0.15, 0.2) is 0 Å². The van der Waals surface area contributed by atoms with Gasteiger partial charge >= 0.3 is 6.18 Å². The minimum atomic E-state index is -4.29. The van der Waals surface area contributed by atoms with Crippen LogP contribution >= 0.6 is 22.6 Å². The second-order valence-electron chi connectivity index (χ2n) is 2.74. The van der Waals surface area contributed by atoms with Crippen molar-refractivity contribution < 1.29 is 18.3 Å². The first kappa shape index (κ1) is 11.0. The van der Waals surface area contributed by atoms with Crippen molar-refractivity contribution in [3.05, 3.63) is 23.3 Å². The Morgan fingerprint density at radius 3 is 2.62 bits per heavy atom. The Hall–Kier alpha value is -0.0400. The Labute approximate surface area is 87.5 Å². The first-order chi connectivity index (χ1) is 5.95. The molecular weight excluding hydrogens is 296 g/mol. The number of rotatable bonds is 1. The predicted octanol–water partition coefficient (Wildman–Crippen LogP) is 2.60. The van der Waals surface area contributed by atoms with E-state index in [1.54, 1.807) is 0 Å². The van der Waals surface area contributed by atoms with Gasteiger partial charge in [-0.25, -0.2) is 0 Å². The molecule has 0 saturated carbocycles. The Morgan fingerprint density at radius 1 is 1.54 bits per heavy atom. The Balaban J connectivity index is 2.88. The van der Waals surface area contributed by atoms with Gasteiger partial charge in [0.25, 0.3) is 0 Å². The number of hydrogen-bond donors (Lipinski definition) is 1. The molecule has 0 fully saturated rings. The number of alkyl halides is 4. The van der Waals surface area contributed by atoms with Crippen molar-refractivity contribution in [3.63, 3.8) is 0 Å². The summed E-state index contributed by atoms with van der Waals surface area (Å²) in [7, 11) is 0. The quantitative estimate of drug-likeness (QED) is 0.583. The predicted molar refractivity (Wildman–Crippen MR) is 51.7 cm³/mol. The van der Waals surface area contributed by atoms with Crippen LogP contribution in [0.5, 0.6) is 0 Å². The fraction of sp³-hybridized carbons (Fsp3) is 0.500. The summed E-state index contributed by atoms with van der Waals surface area (Å²) in [5.74, 6) is 0. The van der Waals surface area contributed by atoms with Gasteiger partial charge in [0.1, 0.15) is 0 Å². The van der Waals surface area contributed by atoms with Gasteiger partial charge in [-0.2, -0.15) is 13.2 Å². The van der Waals surface area contributed by atoms with Gasteiger partial charge in [0.2, 0.25) is 0 Å². The summed E-state index contributed by atoms with van der Waals surface area (Å²) in [5, 5.41) is 8.78. The van der Waals surface area contributed by atoms with E-state index in [1.807, 2.05) is 22.6 Å². The summed E-state index contributed by atoms with van der Waals surface area (Å²) in [6.45, 7) is -0.305. The largest absolute Gasteiger partial charge is 0.416 e. The highest BCUT2D eigenvalue weighted by molar-refractivity contribution is 14.1. The van der Waals surface area contributed by atoms with E-state index in [2.05, 4.69) is 0 Å². The van der Waals surface area contributed by atoms with Crippen LogP contribution in [0.25, 0.3) is 0 Å². The Morgan fingerprint density at radius 2 is 2.15 bits per heavy atom. The molecule has 0 heterocycles. The zero-order valence-electron chi connectivity index (χ0n) is 6.61. The molecule has 0 amide bonds. The maximum Gasteiger partial charge on any atom is 0.416 e. The Kier molecular flexibility index (Phi) is 3.39. The van der Waals surface area contributed by atoms with Crippen molar-refractivity contribution in [2.45, 2.75) is 16.5 Å². The number of hydrogen-bond acceptors (Lipinski definition) is 1. The second-order valence-corrected chi connectivity index (χ2v) is 4.24. The first-order valence-corrected chi connectivity index (χ1v) is 4.92. The maximum absolute atomic E-state index is 12.2. The van der Waals surface area contributed by atoms with Gasteiger partial charge in [-0.3, -0.25) is 0 Å². The number of allylic oxidation sites excluding steroid dienone is 3. The van der Waals surface area contributed by atoms with Gasteiger partial charge in [-0.05, 0) is 18.1 Å². The summed E-state index contributed by atoms with van der Waals surface area (Å²) in [5.41, 5.74) is -0.208. The third kappa shape index (κ3) is 2.70. The van der Waals surface area contributed by atoms with Crippen LogP contribution in [0, 0.1) is 0 Å². The molecule has 13 heavy (non-hydrogen) atoms. The van der Waals surface area contributed by atoms with Crippen LogP contribution < -0.4 is 0 Å². The molecule has 0 spiro atoms. The molecule has 1 unspecified atom stereocenters. The fourth-order valence-electron chi connectivity index (χ4n) is 1.07. The van der Waals surface area contributed by atoms with E-state index in [9.17, 15) is 13.2 Å². The average molecular weight is 304 g/mol.